The van der Waals surface area contributed by atoms with Crippen LogP contribution in [0.1, 0.15) is 45.4 Å². The Labute approximate surface area is 119 Å². The first-order chi connectivity index (χ1) is 9.16. The highest BCUT2D eigenvalue weighted by Crippen LogP contribution is 2.38. The first kappa shape index (κ1) is 15.1. The van der Waals surface area contributed by atoms with Crippen molar-refractivity contribution in [2.45, 2.75) is 56.3 Å². The van der Waals surface area contributed by atoms with Crippen LogP contribution in [0.2, 0.25) is 0 Å². The average molecular weight is 287 g/mol. The molecule has 4 atom stereocenters. The Morgan fingerprint density at radius 2 is 2.05 bits per heavy atom. The normalized spacial score (nSPS) is 33.8. The third-order valence-electron chi connectivity index (χ3n) is 3.95. The van der Waals surface area contributed by atoms with Crippen LogP contribution in [0, 0.1) is 11.8 Å². The van der Waals surface area contributed by atoms with E-state index in [0.29, 0.717) is 5.92 Å². The summed E-state index contributed by atoms with van der Waals surface area (Å²) in [4.78, 5) is 11.2. The molecule has 1 amide bonds. The maximum atomic E-state index is 11.2. The van der Waals surface area contributed by atoms with E-state index in [1.807, 2.05) is 6.92 Å². The minimum atomic E-state index is -0.205. The molecule has 2 fully saturated rings. The Morgan fingerprint density at radius 1 is 1.26 bits per heavy atom. The van der Waals surface area contributed by atoms with E-state index in [-0.39, 0.29) is 22.7 Å². The monoisotopic (exact) mass is 287 g/mol. The fraction of sp³-hybridized carbons (Fsp3) is 0.929. The van der Waals surface area contributed by atoms with Crippen LogP contribution < -0.4 is 5.73 Å². The van der Waals surface area contributed by atoms with Crippen LogP contribution in [0.15, 0.2) is 0 Å². The van der Waals surface area contributed by atoms with Gasteiger partial charge in [-0.15, -0.1) is 0 Å². The van der Waals surface area contributed by atoms with Crippen molar-refractivity contribution in [2.75, 3.05) is 13.2 Å². The highest BCUT2D eigenvalue weighted by Gasteiger charge is 2.32. The van der Waals surface area contributed by atoms with Gasteiger partial charge in [-0.05, 0) is 44.4 Å². The maximum Gasteiger partial charge on any atom is 0.220 e. The van der Waals surface area contributed by atoms with E-state index in [0.717, 1.165) is 38.9 Å². The van der Waals surface area contributed by atoms with Crippen LogP contribution in [0.4, 0.5) is 0 Å². The van der Waals surface area contributed by atoms with Crippen molar-refractivity contribution in [3.63, 3.8) is 0 Å². The average Bonchev–Trinajstić information content (AvgIpc) is 2.42. The molecule has 0 aromatic heterocycles. The molecule has 2 rings (SSSR count). The van der Waals surface area contributed by atoms with Crippen molar-refractivity contribution in [3.05, 3.63) is 0 Å². The molecule has 0 saturated carbocycles. The Balaban J connectivity index is 1.85. The van der Waals surface area contributed by atoms with Crippen LogP contribution >= 0.6 is 11.8 Å². The molecule has 2 heterocycles. The zero-order chi connectivity index (χ0) is 13.7. The lowest BCUT2D eigenvalue weighted by molar-refractivity contribution is -0.122. The van der Waals surface area contributed by atoms with E-state index in [9.17, 15) is 4.79 Å². The van der Waals surface area contributed by atoms with Crippen LogP contribution in [0.5, 0.6) is 0 Å². The lowest BCUT2D eigenvalue weighted by Crippen LogP contribution is -2.33. The fourth-order valence-corrected chi connectivity index (χ4v) is 4.16. The van der Waals surface area contributed by atoms with Gasteiger partial charge in [0.05, 0.1) is 0 Å². The van der Waals surface area contributed by atoms with E-state index in [4.69, 9.17) is 15.2 Å². The van der Waals surface area contributed by atoms with Gasteiger partial charge in [0.25, 0.3) is 0 Å². The molecule has 2 aliphatic rings. The number of carbonyl (C=O) groups is 1. The quantitative estimate of drug-likeness (QED) is 0.844. The van der Waals surface area contributed by atoms with E-state index >= 15 is 0 Å². The summed E-state index contributed by atoms with van der Waals surface area (Å²) in [7, 11) is 0. The van der Waals surface area contributed by atoms with E-state index in [1.165, 1.54) is 12.8 Å². The van der Waals surface area contributed by atoms with Gasteiger partial charge < -0.3 is 15.2 Å². The van der Waals surface area contributed by atoms with Crippen LogP contribution in [-0.4, -0.2) is 30.0 Å². The molecule has 0 radical (unpaired) electrons. The Bertz CT molecular complexity index is 294. The topological polar surface area (TPSA) is 61.6 Å². The lowest BCUT2D eigenvalue weighted by Gasteiger charge is -2.35. The van der Waals surface area contributed by atoms with Gasteiger partial charge >= 0.3 is 0 Å². The molecule has 5 heteroatoms. The molecule has 0 bridgehead atoms. The number of ether oxygens (including phenoxy) is 2. The van der Waals surface area contributed by atoms with Crippen molar-refractivity contribution in [1.29, 1.82) is 0 Å². The number of hydrogen-bond acceptors (Lipinski definition) is 4. The van der Waals surface area contributed by atoms with Crippen LogP contribution in [-0.2, 0) is 14.3 Å². The minimum Gasteiger partial charge on any atom is -0.369 e. The predicted molar refractivity (Wildman–Crippen MR) is 76.6 cm³/mol. The molecule has 110 valence electrons. The SMILES string of the molecule is CC(CC1CCCOC1SC1CCCCO1)C(N)=O. The summed E-state index contributed by atoms with van der Waals surface area (Å²) in [5.41, 5.74) is 5.80. The molecule has 0 aromatic carbocycles. The lowest BCUT2D eigenvalue weighted by atomic mass is 9.91. The van der Waals surface area contributed by atoms with Crippen molar-refractivity contribution in [1.82, 2.24) is 0 Å². The minimum absolute atomic E-state index is 0.0675. The number of hydrogen-bond donors (Lipinski definition) is 1. The molecular formula is C14H25NO3S. The van der Waals surface area contributed by atoms with Gasteiger partial charge in [0, 0.05) is 19.1 Å². The number of primary amides is 1. The first-order valence-electron chi connectivity index (χ1n) is 7.35. The van der Waals surface area contributed by atoms with Gasteiger partial charge in [0.1, 0.15) is 10.9 Å². The second-order valence-corrected chi connectivity index (χ2v) is 6.88. The number of nitrogens with two attached hydrogens (primary N) is 1. The molecule has 0 aromatic rings. The fourth-order valence-electron chi connectivity index (χ4n) is 2.73. The summed E-state index contributed by atoms with van der Waals surface area (Å²) < 4.78 is 11.7. The molecule has 2 N–H and O–H groups in total. The first-order valence-corrected chi connectivity index (χ1v) is 8.29. The van der Waals surface area contributed by atoms with Crippen molar-refractivity contribution < 1.29 is 14.3 Å². The smallest absolute Gasteiger partial charge is 0.220 e. The zero-order valence-corrected chi connectivity index (χ0v) is 12.5. The molecule has 4 nitrogen and oxygen atoms in total. The summed E-state index contributed by atoms with van der Waals surface area (Å²) in [5, 5.41) is 0. The summed E-state index contributed by atoms with van der Waals surface area (Å²) in [5.74, 6) is 0.150. The molecular weight excluding hydrogens is 262 g/mol. The largest absolute Gasteiger partial charge is 0.369 e. The second kappa shape index (κ2) is 7.50. The Hall–Kier alpha value is -0.260. The molecule has 0 spiro atoms. The molecule has 2 saturated heterocycles. The summed E-state index contributed by atoms with van der Waals surface area (Å²) in [6.45, 7) is 3.61. The molecule has 0 aliphatic carbocycles. The Morgan fingerprint density at radius 3 is 2.74 bits per heavy atom. The molecule has 19 heavy (non-hydrogen) atoms. The van der Waals surface area contributed by atoms with Gasteiger partial charge in [-0.2, -0.15) is 0 Å². The summed E-state index contributed by atoms with van der Waals surface area (Å²) in [6, 6.07) is 0. The van der Waals surface area contributed by atoms with E-state index in [2.05, 4.69) is 0 Å². The summed E-state index contributed by atoms with van der Waals surface area (Å²) >= 11 is 1.81. The van der Waals surface area contributed by atoms with E-state index in [1.54, 1.807) is 11.8 Å². The highest BCUT2D eigenvalue weighted by atomic mass is 32.2. The van der Waals surface area contributed by atoms with Gasteiger partial charge in [0.15, 0.2) is 0 Å². The second-order valence-electron chi connectivity index (χ2n) is 5.61. The number of amides is 1. The predicted octanol–water partition coefficient (Wildman–Crippen LogP) is 2.51. The number of carbonyl (C=O) groups excluding carboxylic acids is 1. The number of rotatable bonds is 5. The van der Waals surface area contributed by atoms with E-state index < -0.39 is 0 Å². The standard InChI is InChI=1S/C14H25NO3S/c1-10(13(15)16)9-11-5-4-8-18-14(11)19-12-6-2-3-7-17-12/h10-12,14H,2-9H2,1H3,(H2,15,16). The molecule has 2 aliphatic heterocycles. The maximum absolute atomic E-state index is 11.2. The van der Waals surface area contributed by atoms with Crippen LogP contribution in [0.25, 0.3) is 0 Å². The van der Waals surface area contributed by atoms with Gasteiger partial charge in [-0.1, -0.05) is 18.7 Å². The summed E-state index contributed by atoms with van der Waals surface area (Å²) in [6.07, 6.45) is 6.57. The zero-order valence-electron chi connectivity index (χ0n) is 11.7. The van der Waals surface area contributed by atoms with Crippen molar-refractivity contribution in [3.8, 4) is 0 Å². The van der Waals surface area contributed by atoms with Gasteiger partial charge in [-0.3, -0.25) is 4.79 Å². The van der Waals surface area contributed by atoms with Crippen molar-refractivity contribution >= 4 is 17.7 Å². The highest BCUT2D eigenvalue weighted by molar-refractivity contribution is 8.00. The van der Waals surface area contributed by atoms with Gasteiger partial charge in [-0.25, -0.2) is 0 Å². The number of thioether (sulfide) groups is 1. The van der Waals surface area contributed by atoms with Crippen molar-refractivity contribution in [2.24, 2.45) is 17.6 Å². The Kier molecular flexibility index (Phi) is 5.98. The molecule has 4 unspecified atom stereocenters. The third kappa shape index (κ3) is 4.65. The van der Waals surface area contributed by atoms with Crippen LogP contribution in [0.3, 0.4) is 0 Å². The van der Waals surface area contributed by atoms with Gasteiger partial charge in [0.2, 0.25) is 5.91 Å². The third-order valence-corrected chi connectivity index (χ3v) is 5.42.